The Morgan fingerprint density at radius 2 is 2.05 bits per heavy atom. The van der Waals surface area contributed by atoms with Crippen LogP contribution >= 0.6 is 0 Å². The number of benzene rings is 2. The van der Waals surface area contributed by atoms with Gasteiger partial charge in [-0.05, 0) is 29.8 Å². The topological polar surface area (TPSA) is 94.7 Å². The molecule has 110 valence electrons. The molecule has 0 radical (unpaired) electrons. The van der Waals surface area contributed by atoms with E-state index in [-0.39, 0.29) is 11.3 Å². The monoisotopic (exact) mass is 295 g/mol. The number of methoxy groups -OCH3 is 1. The van der Waals surface area contributed by atoms with Crippen LogP contribution in [0.3, 0.4) is 0 Å². The zero-order valence-electron chi connectivity index (χ0n) is 11.8. The van der Waals surface area contributed by atoms with E-state index >= 15 is 0 Å². The van der Waals surface area contributed by atoms with E-state index in [2.05, 4.69) is 10.5 Å². The van der Waals surface area contributed by atoms with Crippen molar-refractivity contribution < 1.29 is 14.6 Å². The van der Waals surface area contributed by atoms with E-state index < -0.39 is 5.91 Å². The van der Waals surface area contributed by atoms with Gasteiger partial charge in [-0.2, -0.15) is 10.4 Å². The number of phenols is 1. The lowest BCUT2D eigenvalue weighted by Crippen LogP contribution is -2.17. The second kappa shape index (κ2) is 6.90. The number of nitrogens with zero attached hydrogens (tertiary/aromatic N) is 2. The summed E-state index contributed by atoms with van der Waals surface area (Å²) in [4.78, 5) is 11.9. The number of hydrogen-bond acceptors (Lipinski definition) is 5. The molecule has 0 saturated carbocycles. The minimum atomic E-state index is -0.537. The highest BCUT2D eigenvalue weighted by Crippen LogP contribution is 2.23. The Bertz CT molecular complexity index is 746. The molecule has 1 amide bonds. The number of carbonyl (C=O) groups excluding carboxylic acids is 1. The van der Waals surface area contributed by atoms with Crippen molar-refractivity contribution >= 4 is 12.1 Å². The molecule has 0 aliphatic heterocycles. The van der Waals surface area contributed by atoms with Crippen LogP contribution in [0.2, 0.25) is 0 Å². The maximum atomic E-state index is 11.9. The molecule has 2 rings (SSSR count). The molecule has 0 aliphatic rings. The first kappa shape index (κ1) is 15.1. The molecule has 6 heteroatoms. The number of amides is 1. The number of rotatable bonds is 4. The highest BCUT2D eigenvalue weighted by molar-refractivity contribution is 5.97. The molecule has 6 nitrogen and oxygen atoms in total. The molecular weight excluding hydrogens is 282 g/mol. The minimum absolute atomic E-state index is 0.0952. The Kier molecular flexibility index (Phi) is 4.73. The van der Waals surface area contributed by atoms with Crippen molar-refractivity contribution in [2.45, 2.75) is 0 Å². The number of aromatic hydroxyl groups is 1. The van der Waals surface area contributed by atoms with Gasteiger partial charge >= 0.3 is 0 Å². The second-order valence-corrected chi connectivity index (χ2v) is 4.32. The number of hydrazone groups is 1. The van der Waals surface area contributed by atoms with Crippen LogP contribution in [-0.4, -0.2) is 24.3 Å². The van der Waals surface area contributed by atoms with E-state index in [1.807, 2.05) is 6.07 Å². The van der Waals surface area contributed by atoms with Crippen LogP contribution in [0.5, 0.6) is 11.5 Å². The zero-order valence-corrected chi connectivity index (χ0v) is 11.8. The number of nitrogens with one attached hydrogen (secondary N) is 1. The summed E-state index contributed by atoms with van der Waals surface area (Å²) in [5, 5.41) is 22.2. The first-order chi connectivity index (χ1) is 10.6. The third-order valence-electron chi connectivity index (χ3n) is 2.87. The molecule has 2 N–H and O–H groups in total. The number of ether oxygens (including phenoxy) is 1. The van der Waals surface area contributed by atoms with Crippen molar-refractivity contribution in [3.05, 3.63) is 59.2 Å². The Morgan fingerprint density at radius 1 is 1.32 bits per heavy atom. The van der Waals surface area contributed by atoms with Gasteiger partial charge in [-0.15, -0.1) is 0 Å². The maximum absolute atomic E-state index is 11.9. The zero-order chi connectivity index (χ0) is 15.9. The lowest BCUT2D eigenvalue weighted by atomic mass is 10.2. The first-order valence-corrected chi connectivity index (χ1v) is 6.34. The molecular formula is C16H13N3O3. The lowest BCUT2D eigenvalue weighted by molar-refractivity contribution is 0.0952. The molecule has 0 unspecified atom stereocenters. The van der Waals surface area contributed by atoms with E-state index in [0.717, 1.165) is 5.56 Å². The molecule has 0 aromatic heterocycles. The fraction of sp³-hybridized carbons (Fsp3) is 0.0625. The number of carbonyl (C=O) groups is 1. The molecule has 0 bridgehead atoms. The van der Waals surface area contributed by atoms with Gasteiger partial charge in [-0.25, -0.2) is 5.43 Å². The molecule has 0 saturated heterocycles. The van der Waals surface area contributed by atoms with Crippen LogP contribution in [0.1, 0.15) is 21.5 Å². The summed E-state index contributed by atoms with van der Waals surface area (Å²) in [7, 11) is 1.47. The van der Waals surface area contributed by atoms with E-state index in [4.69, 9.17) is 10.00 Å². The van der Waals surface area contributed by atoms with Crippen molar-refractivity contribution in [1.82, 2.24) is 5.43 Å². The van der Waals surface area contributed by atoms with Crippen molar-refractivity contribution in [3.8, 4) is 17.6 Å². The van der Waals surface area contributed by atoms with E-state index in [1.54, 1.807) is 30.3 Å². The van der Waals surface area contributed by atoms with Gasteiger partial charge in [0.25, 0.3) is 5.91 Å². The van der Waals surface area contributed by atoms with E-state index in [9.17, 15) is 9.90 Å². The molecule has 22 heavy (non-hydrogen) atoms. The first-order valence-electron chi connectivity index (χ1n) is 6.34. The molecule has 0 fully saturated rings. The fourth-order valence-electron chi connectivity index (χ4n) is 1.70. The van der Waals surface area contributed by atoms with Gasteiger partial charge in [0.2, 0.25) is 0 Å². The minimum Gasteiger partial charge on any atom is -0.507 e. The Hall–Kier alpha value is -3.33. The Balaban J connectivity index is 2.03. The van der Waals surface area contributed by atoms with Crippen molar-refractivity contribution in [1.29, 1.82) is 5.26 Å². The largest absolute Gasteiger partial charge is 0.507 e. The number of phenolic OH excluding ortho intramolecular Hbond substituents is 1. The molecule has 0 atom stereocenters. The third kappa shape index (κ3) is 3.61. The van der Waals surface area contributed by atoms with Gasteiger partial charge in [0.15, 0.2) is 0 Å². The van der Waals surface area contributed by atoms with Gasteiger partial charge in [0, 0.05) is 6.07 Å². The van der Waals surface area contributed by atoms with E-state index in [0.29, 0.717) is 11.3 Å². The smallest absolute Gasteiger partial charge is 0.275 e. The summed E-state index contributed by atoms with van der Waals surface area (Å²) in [6.45, 7) is 0. The normalized spacial score (nSPS) is 10.2. The molecule has 2 aromatic rings. The quantitative estimate of drug-likeness (QED) is 0.666. The SMILES string of the molecule is COc1ccc(C(=O)N/N=C\c2ccc(C#N)cc2)c(O)c1. The van der Waals surface area contributed by atoms with Gasteiger partial charge in [-0.3, -0.25) is 4.79 Å². The van der Waals surface area contributed by atoms with Crippen LogP contribution in [0, 0.1) is 11.3 Å². The average Bonchev–Trinajstić information content (AvgIpc) is 2.55. The summed E-state index contributed by atoms with van der Waals surface area (Å²) >= 11 is 0. The molecule has 2 aromatic carbocycles. The summed E-state index contributed by atoms with van der Waals surface area (Å²) in [6.07, 6.45) is 1.44. The molecule has 0 spiro atoms. The van der Waals surface area contributed by atoms with Crippen molar-refractivity contribution in [3.63, 3.8) is 0 Å². The Morgan fingerprint density at radius 3 is 2.64 bits per heavy atom. The standard InChI is InChI=1S/C16H13N3O3/c1-22-13-6-7-14(15(20)8-13)16(21)19-18-10-12-4-2-11(9-17)3-5-12/h2-8,10,20H,1H3,(H,19,21)/b18-10-. The van der Waals surface area contributed by atoms with Crippen molar-refractivity contribution in [2.24, 2.45) is 5.10 Å². The van der Waals surface area contributed by atoms with Crippen LogP contribution in [0.15, 0.2) is 47.6 Å². The Labute approximate surface area is 127 Å². The molecule has 0 aliphatic carbocycles. The van der Waals surface area contributed by atoms with Gasteiger partial charge in [0.05, 0.1) is 30.5 Å². The average molecular weight is 295 g/mol. The highest BCUT2D eigenvalue weighted by atomic mass is 16.5. The second-order valence-electron chi connectivity index (χ2n) is 4.32. The van der Waals surface area contributed by atoms with Gasteiger partial charge in [-0.1, -0.05) is 12.1 Å². The molecule has 0 heterocycles. The van der Waals surface area contributed by atoms with Gasteiger partial charge < -0.3 is 9.84 Å². The summed E-state index contributed by atoms with van der Waals surface area (Å²) in [5.74, 6) is -0.273. The summed E-state index contributed by atoms with van der Waals surface area (Å²) in [5.41, 5.74) is 3.69. The number of hydrogen-bond donors (Lipinski definition) is 2. The van der Waals surface area contributed by atoms with Crippen LogP contribution in [0.25, 0.3) is 0 Å². The van der Waals surface area contributed by atoms with Crippen LogP contribution in [0.4, 0.5) is 0 Å². The lowest BCUT2D eigenvalue weighted by Gasteiger charge is -2.05. The van der Waals surface area contributed by atoms with Crippen LogP contribution in [-0.2, 0) is 0 Å². The maximum Gasteiger partial charge on any atom is 0.275 e. The predicted octanol–water partition coefficient (Wildman–Crippen LogP) is 2.04. The predicted molar refractivity (Wildman–Crippen MR) is 80.9 cm³/mol. The summed E-state index contributed by atoms with van der Waals surface area (Å²) in [6, 6.07) is 13.1. The fourth-order valence-corrected chi connectivity index (χ4v) is 1.70. The van der Waals surface area contributed by atoms with Crippen molar-refractivity contribution in [2.75, 3.05) is 7.11 Å². The number of nitriles is 1. The third-order valence-corrected chi connectivity index (χ3v) is 2.87. The highest BCUT2D eigenvalue weighted by Gasteiger charge is 2.10. The van der Waals surface area contributed by atoms with Crippen LogP contribution < -0.4 is 10.2 Å². The summed E-state index contributed by atoms with van der Waals surface area (Å²) < 4.78 is 4.94. The van der Waals surface area contributed by atoms with E-state index in [1.165, 1.54) is 25.5 Å². The van der Waals surface area contributed by atoms with Gasteiger partial charge in [0.1, 0.15) is 11.5 Å².